The topological polar surface area (TPSA) is 122 Å². The molecule has 1 amide bonds. The Labute approximate surface area is 115 Å². The molecule has 0 aromatic heterocycles. The van der Waals surface area contributed by atoms with E-state index in [1.54, 1.807) is 0 Å². The van der Waals surface area contributed by atoms with Crippen LogP contribution < -0.4 is 14.8 Å². The van der Waals surface area contributed by atoms with Gasteiger partial charge in [-0.1, -0.05) is 6.07 Å². The van der Waals surface area contributed by atoms with Crippen molar-refractivity contribution in [1.82, 2.24) is 5.32 Å². The first-order valence-electron chi connectivity index (χ1n) is 5.48. The van der Waals surface area contributed by atoms with Gasteiger partial charge in [-0.05, 0) is 12.1 Å². The van der Waals surface area contributed by atoms with E-state index in [4.69, 9.17) is 9.84 Å². The third kappa shape index (κ3) is 5.57. The normalized spacial score (nSPS) is 10.7. The Bertz CT molecular complexity index is 599. The van der Waals surface area contributed by atoms with Gasteiger partial charge in [0.05, 0.1) is 5.69 Å². The maximum absolute atomic E-state index is 11.4. The average molecular weight is 302 g/mol. The number of benzene rings is 1. The Balaban J connectivity index is 2.73. The van der Waals surface area contributed by atoms with Gasteiger partial charge >= 0.3 is 5.97 Å². The number of anilines is 1. The van der Waals surface area contributed by atoms with Crippen molar-refractivity contribution in [2.24, 2.45) is 0 Å². The van der Waals surface area contributed by atoms with E-state index in [-0.39, 0.29) is 24.0 Å². The summed E-state index contributed by atoms with van der Waals surface area (Å²) in [7, 11) is -2.51. The lowest BCUT2D eigenvalue weighted by molar-refractivity contribution is -0.134. The number of carboxylic acid groups (broad SMARTS) is 1. The highest BCUT2D eigenvalue weighted by atomic mass is 32.2. The van der Waals surface area contributed by atoms with Crippen molar-refractivity contribution in [2.75, 3.05) is 24.1 Å². The highest BCUT2D eigenvalue weighted by Gasteiger charge is 2.15. The summed E-state index contributed by atoms with van der Waals surface area (Å²) < 4.78 is 30.1. The van der Waals surface area contributed by atoms with Crippen molar-refractivity contribution < 1.29 is 27.9 Å². The summed E-state index contributed by atoms with van der Waals surface area (Å²) in [5.41, 5.74) is 0.153. The van der Waals surface area contributed by atoms with Gasteiger partial charge in [0.15, 0.2) is 12.4 Å². The molecule has 1 rings (SSSR count). The number of hydrogen-bond donors (Lipinski definition) is 3. The molecule has 9 heteroatoms. The van der Waals surface area contributed by atoms with Gasteiger partial charge in [-0.2, -0.15) is 0 Å². The number of carbonyl (C=O) groups is 2. The molecule has 0 aliphatic rings. The van der Waals surface area contributed by atoms with Crippen molar-refractivity contribution in [2.45, 2.75) is 0 Å². The van der Waals surface area contributed by atoms with Crippen LogP contribution in [0.25, 0.3) is 0 Å². The second kappa shape index (κ2) is 6.75. The van der Waals surface area contributed by atoms with Crippen LogP contribution in [0.5, 0.6) is 5.75 Å². The predicted molar refractivity (Wildman–Crippen MR) is 71.0 cm³/mol. The molecule has 1 aromatic carbocycles. The lowest BCUT2D eigenvalue weighted by Gasteiger charge is -2.09. The molecular weight excluding hydrogens is 288 g/mol. The number of likely N-dealkylation sites (N-methyl/N-ethyl adjacent to an activating group) is 1. The number of ether oxygens (including phenoxy) is 1. The van der Waals surface area contributed by atoms with Gasteiger partial charge in [-0.3, -0.25) is 14.3 Å². The van der Waals surface area contributed by atoms with Crippen molar-refractivity contribution in [3.05, 3.63) is 24.3 Å². The van der Waals surface area contributed by atoms with E-state index >= 15 is 0 Å². The Morgan fingerprint density at radius 3 is 2.65 bits per heavy atom. The van der Waals surface area contributed by atoms with Gasteiger partial charge in [0.1, 0.15) is 5.75 Å². The molecule has 0 saturated carbocycles. The minimum Gasteiger partial charge on any atom is -0.484 e. The van der Waals surface area contributed by atoms with Crippen LogP contribution >= 0.6 is 0 Å². The summed E-state index contributed by atoms with van der Waals surface area (Å²) in [5, 5.41) is 10.8. The second-order valence-corrected chi connectivity index (χ2v) is 5.47. The highest BCUT2D eigenvalue weighted by molar-refractivity contribution is 7.93. The fraction of sp³-hybridized carbons (Fsp3) is 0.273. The molecule has 0 aliphatic carbocycles. The first-order valence-corrected chi connectivity index (χ1v) is 7.13. The van der Waals surface area contributed by atoms with Gasteiger partial charge in [-0.15, -0.1) is 0 Å². The van der Waals surface area contributed by atoms with Gasteiger partial charge in [0.2, 0.25) is 10.0 Å². The number of amides is 1. The molecule has 3 N–H and O–H groups in total. The molecule has 0 saturated heterocycles. The Morgan fingerprint density at radius 2 is 2.05 bits per heavy atom. The molecule has 0 fully saturated rings. The molecule has 0 radical (unpaired) electrons. The molecule has 8 nitrogen and oxygen atoms in total. The zero-order valence-corrected chi connectivity index (χ0v) is 11.4. The lowest BCUT2D eigenvalue weighted by Crippen LogP contribution is -2.25. The summed E-state index contributed by atoms with van der Waals surface area (Å²) in [5.74, 6) is -2.54. The molecule has 0 unspecified atom stereocenters. The summed E-state index contributed by atoms with van der Waals surface area (Å²) in [4.78, 5) is 21.4. The zero-order valence-electron chi connectivity index (χ0n) is 10.6. The molecule has 20 heavy (non-hydrogen) atoms. The van der Waals surface area contributed by atoms with E-state index in [1.807, 2.05) is 0 Å². The number of carbonyl (C=O) groups excluding carboxylic acids is 1. The largest absolute Gasteiger partial charge is 0.484 e. The van der Waals surface area contributed by atoms with E-state index < -0.39 is 21.7 Å². The van der Waals surface area contributed by atoms with Crippen molar-refractivity contribution >= 4 is 27.6 Å². The third-order valence-corrected chi connectivity index (χ3v) is 3.24. The first kappa shape index (κ1) is 15.8. The minimum atomic E-state index is -3.97. The fourth-order valence-corrected chi connectivity index (χ4v) is 2.13. The van der Waals surface area contributed by atoms with Crippen LogP contribution in [0.15, 0.2) is 24.3 Å². The Hall–Kier alpha value is -2.29. The predicted octanol–water partition coefficient (Wildman–Crippen LogP) is -0.362. The molecule has 110 valence electrons. The number of nitrogens with one attached hydrogen (secondary N) is 2. The van der Waals surface area contributed by atoms with E-state index in [0.717, 1.165) is 0 Å². The Kier molecular flexibility index (Phi) is 5.32. The van der Waals surface area contributed by atoms with Crippen LogP contribution in [0.2, 0.25) is 0 Å². The Morgan fingerprint density at radius 1 is 1.35 bits per heavy atom. The monoisotopic (exact) mass is 302 g/mol. The highest BCUT2D eigenvalue weighted by Crippen LogP contribution is 2.18. The van der Waals surface area contributed by atoms with Crippen LogP contribution in [0.1, 0.15) is 0 Å². The smallest absolute Gasteiger partial charge is 0.320 e. The number of rotatable bonds is 7. The van der Waals surface area contributed by atoms with E-state index in [0.29, 0.717) is 0 Å². The van der Waals surface area contributed by atoms with Gasteiger partial charge in [0, 0.05) is 13.1 Å². The quantitative estimate of drug-likeness (QED) is 0.632. The third-order valence-electron chi connectivity index (χ3n) is 2.07. The van der Waals surface area contributed by atoms with Crippen LogP contribution in [-0.2, 0) is 19.6 Å². The average Bonchev–Trinajstić information content (AvgIpc) is 2.34. The van der Waals surface area contributed by atoms with E-state index in [9.17, 15) is 18.0 Å². The zero-order chi connectivity index (χ0) is 15.2. The molecular formula is C11H14N2O6S. The first-order chi connectivity index (χ1) is 9.32. The van der Waals surface area contributed by atoms with Gasteiger partial charge < -0.3 is 15.2 Å². The molecule has 0 aliphatic heterocycles. The molecule has 1 aromatic rings. The standard InChI is InChI=1S/C11H14N2O6S/c1-12-10(14)6-19-9-4-2-3-8(5-9)13-20(17,18)7-11(15)16/h2-5,13H,6-7H2,1H3,(H,12,14)(H,15,16). The maximum atomic E-state index is 11.4. The SMILES string of the molecule is CNC(=O)COc1cccc(NS(=O)(=O)CC(=O)O)c1. The summed E-state index contributed by atoms with van der Waals surface area (Å²) >= 11 is 0. The molecule has 0 atom stereocenters. The summed E-state index contributed by atoms with van der Waals surface area (Å²) in [6.07, 6.45) is 0. The number of carboxylic acids is 1. The fourth-order valence-electron chi connectivity index (χ4n) is 1.25. The maximum Gasteiger partial charge on any atom is 0.320 e. The van der Waals surface area contributed by atoms with E-state index in [2.05, 4.69) is 10.0 Å². The van der Waals surface area contributed by atoms with Crippen molar-refractivity contribution in [1.29, 1.82) is 0 Å². The minimum absolute atomic E-state index is 0.153. The van der Waals surface area contributed by atoms with Crippen LogP contribution in [0.4, 0.5) is 5.69 Å². The van der Waals surface area contributed by atoms with Gasteiger partial charge in [-0.25, -0.2) is 8.42 Å². The van der Waals surface area contributed by atoms with Crippen LogP contribution in [0.3, 0.4) is 0 Å². The van der Waals surface area contributed by atoms with Crippen molar-refractivity contribution in [3.8, 4) is 5.75 Å². The van der Waals surface area contributed by atoms with Crippen molar-refractivity contribution in [3.63, 3.8) is 0 Å². The van der Waals surface area contributed by atoms with E-state index in [1.165, 1.54) is 31.3 Å². The summed E-state index contributed by atoms with van der Waals surface area (Å²) in [6, 6.07) is 5.84. The number of aliphatic carboxylic acids is 1. The number of sulfonamides is 1. The van der Waals surface area contributed by atoms with Gasteiger partial charge in [0.25, 0.3) is 5.91 Å². The second-order valence-electron chi connectivity index (χ2n) is 3.74. The lowest BCUT2D eigenvalue weighted by atomic mass is 10.3. The summed E-state index contributed by atoms with van der Waals surface area (Å²) in [6.45, 7) is -0.207. The van der Waals surface area contributed by atoms with Crippen LogP contribution in [-0.4, -0.2) is 44.8 Å². The number of hydrogen-bond acceptors (Lipinski definition) is 5. The van der Waals surface area contributed by atoms with Crippen LogP contribution in [0, 0.1) is 0 Å². The molecule has 0 bridgehead atoms. The molecule has 0 spiro atoms. The molecule has 0 heterocycles.